The summed E-state index contributed by atoms with van der Waals surface area (Å²) < 4.78 is 17.0. The summed E-state index contributed by atoms with van der Waals surface area (Å²) in [6, 6.07) is 8.28. The molecule has 158 valence electrons. The molecule has 2 saturated heterocycles. The van der Waals surface area contributed by atoms with Crippen LogP contribution in [0.5, 0.6) is 5.75 Å². The molecule has 3 rings (SSSR count). The van der Waals surface area contributed by atoms with Crippen LogP contribution in [0.15, 0.2) is 29.3 Å². The van der Waals surface area contributed by atoms with Crippen LogP contribution in [0.3, 0.4) is 0 Å². The summed E-state index contributed by atoms with van der Waals surface area (Å²) >= 11 is 0. The lowest BCUT2D eigenvalue weighted by Crippen LogP contribution is -2.53. The summed E-state index contributed by atoms with van der Waals surface area (Å²) in [5.41, 5.74) is 1.32. The van der Waals surface area contributed by atoms with Gasteiger partial charge in [0.1, 0.15) is 11.9 Å². The smallest absolute Gasteiger partial charge is 0.194 e. The highest BCUT2D eigenvalue weighted by atomic mass is 127. The lowest BCUT2D eigenvalue weighted by atomic mass is 10.1. The summed E-state index contributed by atoms with van der Waals surface area (Å²) in [5, 5.41) is 3.44. The van der Waals surface area contributed by atoms with E-state index in [9.17, 15) is 0 Å². The van der Waals surface area contributed by atoms with Crippen molar-refractivity contribution in [2.45, 2.75) is 44.8 Å². The third kappa shape index (κ3) is 6.77. The van der Waals surface area contributed by atoms with Gasteiger partial charge in [-0.15, -0.1) is 24.0 Å². The molecule has 0 aromatic heterocycles. The van der Waals surface area contributed by atoms with Crippen molar-refractivity contribution in [2.75, 3.05) is 46.5 Å². The molecule has 0 aliphatic carbocycles. The highest BCUT2D eigenvalue weighted by Crippen LogP contribution is 2.21. The van der Waals surface area contributed by atoms with Gasteiger partial charge in [-0.05, 0) is 50.3 Å². The maximum atomic E-state index is 5.96. The maximum Gasteiger partial charge on any atom is 0.194 e. The Bertz CT molecular complexity index is 591. The Balaban J connectivity index is 0.00000280. The number of aliphatic imine (C=N–C) groups is 1. The zero-order chi connectivity index (χ0) is 18.9. The second-order valence-corrected chi connectivity index (χ2v) is 7.09. The average molecular weight is 503 g/mol. The van der Waals surface area contributed by atoms with Crippen LogP contribution in [0.25, 0.3) is 0 Å². The first-order chi connectivity index (χ1) is 13.3. The predicted octanol–water partition coefficient (Wildman–Crippen LogP) is 3.09. The van der Waals surface area contributed by atoms with Crippen LogP contribution in [0.1, 0.15) is 31.7 Å². The molecule has 0 bridgehead atoms. The van der Waals surface area contributed by atoms with Crippen molar-refractivity contribution in [3.8, 4) is 5.75 Å². The van der Waals surface area contributed by atoms with E-state index in [1.54, 1.807) is 7.11 Å². The quantitative estimate of drug-likeness (QED) is 0.268. The number of ether oxygens (including phenoxy) is 3. The SMILES string of the molecule is CCNC(=NCCCc1ccc(OC)cc1)N1CCOC(C2CCCO2)C1.I. The lowest BCUT2D eigenvalue weighted by molar-refractivity contribution is -0.0817. The molecular weight excluding hydrogens is 469 g/mol. The van der Waals surface area contributed by atoms with Crippen molar-refractivity contribution in [2.24, 2.45) is 4.99 Å². The number of methoxy groups -OCH3 is 1. The summed E-state index contributed by atoms with van der Waals surface area (Å²) in [5.74, 6) is 1.90. The van der Waals surface area contributed by atoms with Crippen molar-refractivity contribution in [1.82, 2.24) is 10.2 Å². The van der Waals surface area contributed by atoms with Gasteiger partial charge in [0.05, 0.1) is 19.8 Å². The fraction of sp³-hybridized carbons (Fsp3) is 0.667. The largest absolute Gasteiger partial charge is 0.497 e. The summed E-state index contributed by atoms with van der Waals surface area (Å²) in [4.78, 5) is 7.18. The maximum absolute atomic E-state index is 5.96. The third-order valence-electron chi connectivity index (χ3n) is 5.15. The van der Waals surface area contributed by atoms with E-state index in [2.05, 4.69) is 29.3 Å². The van der Waals surface area contributed by atoms with Gasteiger partial charge < -0.3 is 24.4 Å². The first kappa shape index (κ1) is 23.2. The molecule has 7 heteroatoms. The minimum atomic E-state index is 0. The van der Waals surface area contributed by atoms with Crippen LogP contribution >= 0.6 is 24.0 Å². The van der Waals surface area contributed by atoms with Crippen LogP contribution in [0.2, 0.25) is 0 Å². The Morgan fingerprint density at radius 3 is 2.68 bits per heavy atom. The highest BCUT2D eigenvalue weighted by Gasteiger charge is 2.32. The van der Waals surface area contributed by atoms with Crippen molar-refractivity contribution in [1.29, 1.82) is 0 Å². The third-order valence-corrected chi connectivity index (χ3v) is 5.15. The molecule has 0 radical (unpaired) electrons. The number of hydrogen-bond donors (Lipinski definition) is 1. The molecule has 2 atom stereocenters. The number of morpholine rings is 1. The molecule has 2 fully saturated rings. The van der Waals surface area contributed by atoms with E-state index in [0.717, 1.165) is 76.8 Å². The Kier molecular flexibility index (Phi) is 10.4. The van der Waals surface area contributed by atoms with Crippen LogP contribution in [-0.4, -0.2) is 69.6 Å². The standard InChI is InChI=1S/C21H33N3O3.HI/c1-3-22-21(23-12-4-6-17-8-10-18(25-2)11-9-17)24-13-15-27-20(16-24)19-7-5-14-26-19;/h8-11,19-20H,3-7,12-16H2,1-2H3,(H,22,23);1H. The van der Waals surface area contributed by atoms with Gasteiger partial charge in [0.25, 0.3) is 0 Å². The topological polar surface area (TPSA) is 55.3 Å². The molecule has 1 aromatic carbocycles. The van der Waals surface area contributed by atoms with Crippen molar-refractivity contribution in [3.63, 3.8) is 0 Å². The highest BCUT2D eigenvalue weighted by molar-refractivity contribution is 14.0. The second kappa shape index (κ2) is 12.5. The van der Waals surface area contributed by atoms with Gasteiger partial charge in [0, 0.05) is 32.8 Å². The van der Waals surface area contributed by atoms with E-state index in [-0.39, 0.29) is 36.2 Å². The van der Waals surface area contributed by atoms with E-state index in [1.165, 1.54) is 5.56 Å². The Hall–Kier alpha value is -1.06. The summed E-state index contributed by atoms with van der Waals surface area (Å²) in [6.07, 6.45) is 4.70. The molecular formula is C21H34IN3O3. The fourth-order valence-electron chi connectivity index (χ4n) is 3.67. The van der Waals surface area contributed by atoms with Gasteiger partial charge in [0.15, 0.2) is 5.96 Å². The number of guanidine groups is 1. The molecule has 28 heavy (non-hydrogen) atoms. The minimum absolute atomic E-state index is 0. The zero-order valence-electron chi connectivity index (χ0n) is 17.1. The van der Waals surface area contributed by atoms with Crippen LogP contribution in [0.4, 0.5) is 0 Å². The molecule has 0 saturated carbocycles. The minimum Gasteiger partial charge on any atom is -0.497 e. The van der Waals surface area contributed by atoms with E-state index < -0.39 is 0 Å². The predicted molar refractivity (Wildman–Crippen MR) is 123 cm³/mol. The van der Waals surface area contributed by atoms with Gasteiger partial charge in [0.2, 0.25) is 0 Å². The number of nitrogens with zero attached hydrogens (tertiary/aromatic N) is 2. The van der Waals surface area contributed by atoms with Crippen molar-refractivity contribution < 1.29 is 14.2 Å². The van der Waals surface area contributed by atoms with Crippen molar-refractivity contribution >= 4 is 29.9 Å². The lowest BCUT2D eigenvalue weighted by Gasteiger charge is -2.37. The number of rotatable bonds is 7. The summed E-state index contributed by atoms with van der Waals surface area (Å²) in [6.45, 7) is 7.15. The Morgan fingerprint density at radius 1 is 1.21 bits per heavy atom. The molecule has 2 aliphatic rings. The van der Waals surface area contributed by atoms with E-state index >= 15 is 0 Å². The molecule has 0 spiro atoms. The molecule has 2 aliphatic heterocycles. The molecule has 2 heterocycles. The molecule has 0 amide bonds. The number of hydrogen-bond acceptors (Lipinski definition) is 4. The Morgan fingerprint density at radius 2 is 2.00 bits per heavy atom. The first-order valence-electron chi connectivity index (χ1n) is 10.2. The van der Waals surface area contributed by atoms with E-state index in [1.807, 2.05) is 12.1 Å². The van der Waals surface area contributed by atoms with Gasteiger partial charge >= 0.3 is 0 Å². The number of benzene rings is 1. The zero-order valence-corrected chi connectivity index (χ0v) is 19.4. The monoisotopic (exact) mass is 503 g/mol. The van der Waals surface area contributed by atoms with Gasteiger partial charge in [-0.25, -0.2) is 0 Å². The Labute approximate surface area is 186 Å². The average Bonchev–Trinajstić information content (AvgIpc) is 3.26. The van der Waals surface area contributed by atoms with Crippen LogP contribution in [-0.2, 0) is 15.9 Å². The molecule has 6 nitrogen and oxygen atoms in total. The second-order valence-electron chi connectivity index (χ2n) is 7.09. The fourth-order valence-corrected chi connectivity index (χ4v) is 3.67. The van der Waals surface area contributed by atoms with E-state index in [4.69, 9.17) is 19.2 Å². The number of nitrogens with one attached hydrogen (secondary N) is 1. The molecule has 1 aromatic rings. The van der Waals surface area contributed by atoms with E-state index in [0.29, 0.717) is 0 Å². The van der Waals surface area contributed by atoms with Crippen LogP contribution in [0, 0.1) is 0 Å². The van der Waals surface area contributed by atoms with Crippen molar-refractivity contribution in [3.05, 3.63) is 29.8 Å². The number of halogens is 1. The summed E-state index contributed by atoms with van der Waals surface area (Å²) in [7, 11) is 1.70. The van der Waals surface area contributed by atoms with Gasteiger partial charge in [-0.1, -0.05) is 12.1 Å². The first-order valence-corrected chi connectivity index (χ1v) is 10.2. The van der Waals surface area contributed by atoms with Crippen LogP contribution < -0.4 is 10.1 Å². The van der Waals surface area contributed by atoms with Gasteiger partial charge in [-0.3, -0.25) is 4.99 Å². The van der Waals surface area contributed by atoms with Gasteiger partial charge in [-0.2, -0.15) is 0 Å². The number of aryl methyl sites for hydroxylation is 1. The normalized spacial score (nSPS) is 22.6. The molecule has 1 N–H and O–H groups in total. The molecule has 2 unspecified atom stereocenters.